The fourth-order valence-electron chi connectivity index (χ4n) is 17.9. The van der Waals surface area contributed by atoms with E-state index in [1.165, 1.54) is 187 Å². The molecule has 0 amide bonds. The molecule has 5 fully saturated rings. The summed E-state index contributed by atoms with van der Waals surface area (Å²) in [7, 11) is 0. The molecule has 5 saturated carbocycles. The van der Waals surface area contributed by atoms with Crippen LogP contribution < -0.4 is 0 Å². The van der Waals surface area contributed by atoms with E-state index < -0.39 is 11.6 Å². The first-order chi connectivity index (χ1) is 46.2. The van der Waals surface area contributed by atoms with Crippen molar-refractivity contribution in [2.75, 3.05) is 0 Å². The third-order valence-corrected chi connectivity index (χ3v) is 25.2. The third-order valence-electron chi connectivity index (χ3n) is 25.2. The highest BCUT2D eigenvalue weighted by molar-refractivity contribution is 5.43. The Labute approximate surface area is 628 Å². The van der Waals surface area contributed by atoms with E-state index >= 15 is 0 Å². The molecule has 5 aliphatic rings. The minimum Gasteiger partial charge on any atom is -0.171 e. The van der Waals surface area contributed by atoms with Crippen molar-refractivity contribution in [1.82, 2.24) is 0 Å². The highest BCUT2D eigenvalue weighted by Crippen LogP contribution is 2.60. The van der Waals surface area contributed by atoms with E-state index in [0.717, 1.165) is 36.0 Å². The van der Waals surface area contributed by atoms with Crippen LogP contribution in [0.1, 0.15) is 443 Å². The predicted octanol–water partition coefficient (Wildman–Crippen LogP) is 33.3. The number of aryl methyl sites for hydroxylation is 5. The zero-order valence-corrected chi connectivity index (χ0v) is 73.6. The Balaban J connectivity index is 0.000000397. The van der Waals surface area contributed by atoms with Crippen LogP contribution in [0.3, 0.4) is 0 Å². The van der Waals surface area contributed by atoms with Gasteiger partial charge in [0.1, 0.15) is 0 Å². The number of halogens is 3. The molecular weight excluding hydrogens is 1230 g/mol. The van der Waals surface area contributed by atoms with E-state index in [9.17, 15) is 13.2 Å². The first-order valence-corrected chi connectivity index (χ1v) is 41.6. The van der Waals surface area contributed by atoms with Crippen molar-refractivity contribution < 1.29 is 13.2 Å². The van der Waals surface area contributed by atoms with Crippen molar-refractivity contribution in [3.63, 3.8) is 0 Å². The van der Waals surface area contributed by atoms with E-state index in [-0.39, 0.29) is 17.3 Å². The number of benzene rings is 4. The second-order valence-electron chi connectivity index (χ2n) is 40.4. The molecule has 0 unspecified atom stereocenters. The monoisotopic (exact) mass is 1400 g/mol. The maximum Gasteiger partial charge on any atom is 0.394 e. The van der Waals surface area contributed by atoms with Crippen LogP contribution in [-0.4, -0.2) is 6.18 Å². The van der Waals surface area contributed by atoms with E-state index in [1.807, 2.05) is 0 Å². The first-order valence-electron chi connectivity index (χ1n) is 41.6. The Kier molecular flexibility index (Phi) is 37.2. The van der Waals surface area contributed by atoms with Crippen molar-refractivity contribution in [2.24, 2.45) is 50.2 Å². The summed E-state index contributed by atoms with van der Waals surface area (Å²) in [6.07, 6.45) is 23.5. The molecule has 0 saturated heterocycles. The van der Waals surface area contributed by atoms with Gasteiger partial charge in [-0.3, -0.25) is 0 Å². The van der Waals surface area contributed by atoms with Crippen LogP contribution in [0, 0.1) is 98.7 Å². The van der Waals surface area contributed by atoms with Gasteiger partial charge in [0.2, 0.25) is 0 Å². The molecule has 5 aliphatic carbocycles. The van der Waals surface area contributed by atoms with Gasteiger partial charge in [-0.05, 0) is 296 Å². The van der Waals surface area contributed by atoms with Crippen LogP contribution in [0.2, 0.25) is 0 Å². The summed E-state index contributed by atoms with van der Waals surface area (Å²) in [4.78, 5) is 0. The second kappa shape index (κ2) is 40.0. The van der Waals surface area contributed by atoms with E-state index in [4.69, 9.17) is 0 Å². The summed E-state index contributed by atoms with van der Waals surface area (Å²) in [5.74, 6) is 6.07. The van der Waals surface area contributed by atoms with Gasteiger partial charge in [-0.2, -0.15) is 13.2 Å². The molecule has 4 aromatic rings. The van der Waals surface area contributed by atoms with Crippen molar-refractivity contribution in [2.45, 2.75) is 430 Å². The SMILES string of the molecule is CC1CCC2(CC1)CC(C)(C)CC(C)(C)C2.CC1CCC2(CC1)CCC(C)(C)CC2.CCC(C)CC.CCC1(C(F)(F)F)CCCC1.Cc1c(C(C)C)cc(C(C)C)cc1C(C)C.Cc1cc(C)c(C)c(C)c1.Cc1ccc(C(C)(C)C)cc1C(C)(C)C.Cc1ccc(C(C)C)cc1C(C)C. The Morgan fingerprint density at radius 3 is 1.13 bits per heavy atom. The fraction of sp³-hybridized carbons (Fsp3) is 0.755. The normalized spacial score (nSPS) is 19.1. The maximum absolute atomic E-state index is 12.4. The van der Waals surface area contributed by atoms with Gasteiger partial charge in [0.25, 0.3) is 0 Å². The van der Waals surface area contributed by atoms with E-state index in [1.54, 1.807) is 6.92 Å². The molecule has 0 bridgehead atoms. The van der Waals surface area contributed by atoms with Crippen LogP contribution in [-0.2, 0) is 10.8 Å². The lowest BCUT2D eigenvalue weighted by molar-refractivity contribution is -0.223. The van der Waals surface area contributed by atoms with Gasteiger partial charge in [-0.1, -0.05) is 311 Å². The molecule has 0 radical (unpaired) electrons. The predicted molar refractivity (Wildman–Crippen MR) is 448 cm³/mol. The van der Waals surface area contributed by atoms with E-state index in [2.05, 4.69) is 296 Å². The van der Waals surface area contributed by atoms with Crippen molar-refractivity contribution in [3.05, 3.63) is 139 Å². The Bertz CT molecular complexity index is 2930. The van der Waals surface area contributed by atoms with Gasteiger partial charge in [0.05, 0.1) is 5.41 Å². The molecule has 0 aliphatic heterocycles. The zero-order chi connectivity index (χ0) is 77.8. The Hall–Kier alpha value is -3.33. The molecule has 3 heteroatoms. The molecule has 4 aromatic carbocycles. The van der Waals surface area contributed by atoms with Crippen LogP contribution >= 0.6 is 0 Å². The van der Waals surface area contributed by atoms with Gasteiger partial charge >= 0.3 is 6.18 Å². The van der Waals surface area contributed by atoms with Crippen LogP contribution in [0.25, 0.3) is 0 Å². The number of alkyl halides is 3. The number of hydrogen-bond acceptors (Lipinski definition) is 0. The maximum atomic E-state index is 12.4. The standard InChI is InChI=1S/C16H30.C16H26.C15H24.C14H26.C13H20.C10H14.C8H13F3.C6H14/c1-13-6-8-16(9-7-13)11-14(2,3)10-15(4,5)12-16;1-10(2)14-8-15(11(3)4)13(7)16(9-14)12(5)6;1-11-8-9-12(14(2,3)4)10-13(11)15(5,6)7;1-12-4-6-14(7-5-12)10-8-13(2,3)9-11-14;1-9(2)12-7-6-11(5)13(8-12)10(3)4;1-7-5-8(2)10(4)9(3)6-7;1-2-7(8(9,10)11)5-3-4-6-7;1-4-6(3)5-2/h13H,6-12H2,1-5H3;8-12H,1-7H3;8-10H,1-7H3;12H,4-11H2,1-3H3;6-10H,1-5H3;5-6H,1-4H3;2-6H2,1H3;6H,4-5H2,1-3H3. The summed E-state index contributed by atoms with van der Waals surface area (Å²) in [5.41, 5.74) is 22.7. The van der Waals surface area contributed by atoms with Crippen LogP contribution in [0.4, 0.5) is 13.2 Å². The quantitative estimate of drug-likeness (QED) is 0.165. The highest BCUT2D eigenvalue weighted by atomic mass is 19.4. The summed E-state index contributed by atoms with van der Waals surface area (Å²) < 4.78 is 37.2. The molecule has 0 heterocycles. The molecule has 0 N–H and O–H groups in total. The Morgan fingerprint density at radius 1 is 0.396 bits per heavy atom. The second-order valence-corrected chi connectivity index (χ2v) is 40.4. The number of hydrogen-bond donors (Lipinski definition) is 0. The van der Waals surface area contributed by atoms with Gasteiger partial charge in [-0.15, -0.1) is 0 Å². The van der Waals surface area contributed by atoms with Crippen LogP contribution in [0.15, 0.2) is 60.7 Å². The molecule has 0 atom stereocenters. The molecule has 580 valence electrons. The topological polar surface area (TPSA) is 0 Å². The smallest absolute Gasteiger partial charge is 0.171 e. The van der Waals surface area contributed by atoms with Gasteiger partial charge in [0.15, 0.2) is 0 Å². The molecule has 2 spiro atoms. The summed E-state index contributed by atoms with van der Waals surface area (Å²) in [6.45, 7) is 79.8. The molecule has 0 nitrogen and oxygen atoms in total. The lowest BCUT2D eigenvalue weighted by Crippen LogP contribution is -2.43. The average Bonchev–Trinajstić information content (AvgIpc) is 1.78. The number of rotatable bonds is 8. The van der Waals surface area contributed by atoms with Gasteiger partial charge in [-0.25, -0.2) is 0 Å². The summed E-state index contributed by atoms with van der Waals surface area (Å²) in [6, 6.07) is 23.0. The average molecular weight is 1400 g/mol. The molecular formula is C98H167F3. The third kappa shape index (κ3) is 30.8. The van der Waals surface area contributed by atoms with E-state index in [0.29, 0.717) is 64.1 Å². The highest BCUT2D eigenvalue weighted by Gasteiger charge is 2.54. The molecule has 0 aromatic heterocycles. The lowest BCUT2D eigenvalue weighted by Gasteiger charge is -2.54. The van der Waals surface area contributed by atoms with Crippen molar-refractivity contribution in [3.8, 4) is 0 Å². The minimum absolute atomic E-state index is 0.241. The van der Waals surface area contributed by atoms with Crippen LogP contribution in [0.5, 0.6) is 0 Å². The summed E-state index contributed by atoms with van der Waals surface area (Å²) in [5, 5.41) is 0. The van der Waals surface area contributed by atoms with Gasteiger partial charge < -0.3 is 0 Å². The Morgan fingerprint density at radius 2 is 0.792 bits per heavy atom. The summed E-state index contributed by atoms with van der Waals surface area (Å²) >= 11 is 0. The molecule has 9 rings (SSSR count). The van der Waals surface area contributed by atoms with Crippen molar-refractivity contribution >= 4 is 0 Å². The fourth-order valence-corrected chi connectivity index (χ4v) is 17.9. The van der Waals surface area contributed by atoms with Gasteiger partial charge in [0, 0.05) is 0 Å². The minimum atomic E-state index is -3.97. The molecule has 101 heavy (non-hydrogen) atoms. The first kappa shape index (κ1) is 93.8. The largest absolute Gasteiger partial charge is 0.394 e. The lowest BCUT2D eigenvalue weighted by atomic mass is 9.51. The van der Waals surface area contributed by atoms with Crippen molar-refractivity contribution in [1.29, 1.82) is 0 Å². The zero-order valence-electron chi connectivity index (χ0n) is 73.6.